The number of pyridine rings is 1. The summed E-state index contributed by atoms with van der Waals surface area (Å²) in [6.45, 7) is 4.43. The van der Waals surface area contributed by atoms with Crippen LogP contribution in [0.15, 0.2) is 46.1 Å². The van der Waals surface area contributed by atoms with E-state index in [2.05, 4.69) is 10.1 Å². The van der Waals surface area contributed by atoms with Gasteiger partial charge in [0, 0.05) is 42.2 Å². The van der Waals surface area contributed by atoms with Gasteiger partial charge in [-0.05, 0) is 32.1 Å². The first kappa shape index (κ1) is 16.8. The average Bonchev–Trinajstić information content (AvgIpc) is 3.21. The molecule has 0 aliphatic heterocycles. The van der Waals surface area contributed by atoms with Gasteiger partial charge >= 0.3 is 0 Å². The number of hydrogen-bond donors (Lipinski definition) is 1. The number of rotatable bonds is 5. The van der Waals surface area contributed by atoms with Crippen LogP contribution in [0.4, 0.5) is 0 Å². The molecule has 0 bridgehead atoms. The average molecular weight is 340 g/mol. The summed E-state index contributed by atoms with van der Waals surface area (Å²) >= 11 is 0. The van der Waals surface area contributed by atoms with Crippen molar-refractivity contribution in [1.82, 2.24) is 19.7 Å². The van der Waals surface area contributed by atoms with Gasteiger partial charge in [-0.2, -0.15) is 5.10 Å². The van der Waals surface area contributed by atoms with Crippen molar-refractivity contribution in [3.63, 3.8) is 0 Å². The molecule has 0 atom stereocenters. The van der Waals surface area contributed by atoms with E-state index in [0.717, 1.165) is 10.9 Å². The number of furan rings is 1. The monoisotopic (exact) mass is 340 g/mol. The molecule has 0 spiro atoms. The fraction of sp³-hybridized carbons (Fsp3) is 0.278. The number of likely N-dealkylation sites (N-methyl/N-ethyl adjacent to an activating group) is 1. The number of nitrogens with zero attached hydrogens (tertiary/aromatic N) is 3. The molecule has 3 heterocycles. The van der Waals surface area contributed by atoms with Crippen molar-refractivity contribution >= 4 is 23.0 Å². The lowest BCUT2D eigenvalue weighted by atomic mass is 10.2. The maximum atomic E-state index is 12.3. The molecule has 7 heteroatoms. The van der Waals surface area contributed by atoms with E-state index in [9.17, 15) is 9.59 Å². The second-order valence-electron chi connectivity index (χ2n) is 6.20. The molecule has 7 nitrogen and oxygen atoms in total. The number of amides is 1. The van der Waals surface area contributed by atoms with Crippen molar-refractivity contribution in [2.45, 2.75) is 26.4 Å². The summed E-state index contributed by atoms with van der Waals surface area (Å²) in [7, 11) is 1.69. The molecule has 1 N–H and O–H groups in total. The van der Waals surface area contributed by atoms with Crippen LogP contribution in [0.5, 0.6) is 0 Å². The number of H-pyrrole nitrogens is 1. The molecular formula is C18H20N4O3. The Kier molecular flexibility index (Phi) is 4.56. The third kappa shape index (κ3) is 3.55. The van der Waals surface area contributed by atoms with Crippen LogP contribution in [0, 0.1) is 0 Å². The third-order valence-electron chi connectivity index (χ3n) is 3.90. The zero-order chi connectivity index (χ0) is 18.0. The van der Waals surface area contributed by atoms with E-state index < -0.39 is 0 Å². The summed E-state index contributed by atoms with van der Waals surface area (Å²) in [6, 6.07) is 3.69. The van der Waals surface area contributed by atoms with Crippen LogP contribution in [0.25, 0.3) is 17.1 Å². The fourth-order valence-electron chi connectivity index (χ4n) is 2.56. The molecule has 0 fully saturated rings. The van der Waals surface area contributed by atoms with Crippen molar-refractivity contribution in [1.29, 1.82) is 0 Å². The number of fused-ring (bicyclic) bond motifs is 1. The first-order valence-corrected chi connectivity index (χ1v) is 8.00. The molecule has 3 rings (SSSR count). The van der Waals surface area contributed by atoms with E-state index in [4.69, 9.17) is 4.42 Å². The summed E-state index contributed by atoms with van der Waals surface area (Å²) in [4.78, 5) is 28.8. The molecule has 0 saturated carbocycles. The van der Waals surface area contributed by atoms with Gasteiger partial charge in [0.05, 0.1) is 18.7 Å². The Hall–Kier alpha value is -3.09. The Labute approximate surface area is 144 Å². The van der Waals surface area contributed by atoms with E-state index in [1.165, 1.54) is 12.2 Å². The van der Waals surface area contributed by atoms with E-state index in [0.29, 0.717) is 17.8 Å². The number of aromatic nitrogens is 3. The van der Waals surface area contributed by atoms with E-state index in [-0.39, 0.29) is 17.5 Å². The predicted octanol–water partition coefficient (Wildman–Crippen LogP) is 2.57. The first-order chi connectivity index (χ1) is 12.0. The Morgan fingerprint density at radius 2 is 2.28 bits per heavy atom. The molecule has 3 aromatic rings. The Morgan fingerprint density at radius 3 is 2.96 bits per heavy atom. The standard InChI is InChI=1S/C18H20N4O3/c1-12(2)22-17-15(9-19-22)8-14(18(24)20-17)4-5-16(23)21(3)10-13-6-7-25-11-13/h4-9,11-12H,10H2,1-3H3,(H,20,24)/b5-4+. The van der Waals surface area contributed by atoms with Gasteiger partial charge in [0.2, 0.25) is 5.91 Å². The molecule has 0 aliphatic rings. The minimum absolute atomic E-state index is 0.146. The highest BCUT2D eigenvalue weighted by Gasteiger charge is 2.10. The summed E-state index contributed by atoms with van der Waals surface area (Å²) in [6.07, 6.45) is 7.78. The summed E-state index contributed by atoms with van der Waals surface area (Å²) in [5.41, 5.74) is 1.75. The number of carbonyl (C=O) groups excluding carboxylic acids is 1. The SMILES string of the molecule is CC(C)n1ncc2cc(/C=C/C(=O)N(C)Cc3ccoc3)c(=O)[nH]c21. The zero-order valence-corrected chi connectivity index (χ0v) is 14.4. The third-order valence-corrected chi connectivity index (χ3v) is 3.90. The van der Waals surface area contributed by atoms with Crippen molar-refractivity contribution in [3.8, 4) is 0 Å². The smallest absolute Gasteiger partial charge is 0.256 e. The van der Waals surface area contributed by atoms with Crippen LogP contribution in [0.3, 0.4) is 0 Å². The summed E-state index contributed by atoms with van der Waals surface area (Å²) in [5.74, 6) is -0.196. The fourth-order valence-corrected chi connectivity index (χ4v) is 2.56. The summed E-state index contributed by atoms with van der Waals surface area (Å²) in [5, 5.41) is 5.11. The molecule has 0 radical (unpaired) electrons. The van der Waals surface area contributed by atoms with Gasteiger partial charge in [-0.3, -0.25) is 9.59 Å². The molecule has 3 aromatic heterocycles. The van der Waals surface area contributed by atoms with Gasteiger partial charge in [-0.1, -0.05) is 0 Å². The highest BCUT2D eigenvalue weighted by atomic mass is 16.3. The lowest BCUT2D eigenvalue weighted by molar-refractivity contribution is -0.125. The topological polar surface area (TPSA) is 84.1 Å². The highest BCUT2D eigenvalue weighted by Crippen LogP contribution is 2.15. The Bertz CT molecular complexity index is 964. The molecular weight excluding hydrogens is 320 g/mol. The van der Waals surface area contributed by atoms with E-state index in [1.807, 2.05) is 13.8 Å². The van der Waals surface area contributed by atoms with Gasteiger partial charge in [0.15, 0.2) is 0 Å². The second kappa shape index (κ2) is 6.80. The molecule has 130 valence electrons. The van der Waals surface area contributed by atoms with Crippen LogP contribution in [0.1, 0.15) is 31.0 Å². The molecule has 0 saturated heterocycles. The lowest BCUT2D eigenvalue weighted by Gasteiger charge is -2.13. The molecule has 25 heavy (non-hydrogen) atoms. The van der Waals surface area contributed by atoms with Crippen molar-refractivity contribution in [2.75, 3.05) is 7.05 Å². The molecule has 0 unspecified atom stereocenters. The maximum Gasteiger partial charge on any atom is 0.256 e. The summed E-state index contributed by atoms with van der Waals surface area (Å²) < 4.78 is 6.75. The largest absolute Gasteiger partial charge is 0.472 e. The van der Waals surface area contributed by atoms with Crippen LogP contribution >= 0.6 is 0 Å². The number of nitrogens with one attached hydrogen (secondary N) is 1. The zero-order valence-electron chi connectivity index (χ0n) is 14.4. The van der Waals surface area contributed by atoms with Gasteiger partial charge in [-0.25, -0.2) is 4.68 Å². The number of hydrogen-bond acceptors (Lipinski definition) is 4. The number of aromatic amines is 1. The van der Waals surface area contributed by atoms with Crippen molar-refractivity contribution in [3.05, 3.63) is 58.4 Å². The van der Waals surface area contributed by atoms with Crippen molar-refractivity contribution in [2.24, 2.45) is 0 Å². The maximum absolute atomic E-state index is 12.3. The quantitative estimate of drug-likeness (QED) is 0.724. The predicted molar refractivity (Wildman–Crippen MR) is 95.0 cm³/mol. The van der Waals surface area contributed by atoms with Crippen LogP contribution in [-0.2, 0) is 11.3 Å². The van der Waals surface area contributed by atoms with Gasteiger partial charge < -0.3 is 14.3 Å². The normalized spacial score (nSPS) is 11.7. The van der Waals surface area contributed by atoms with Crippen LogP contribution < -0.4 is 5.56 Å². The molecule has 0 aromatic carbocycles. The minimum Gasteiger partial charge on any atom is -0.472 e. The van der Waals surface area contributed by atoms with E-state index >= 15 is 0 Å². The van der Waals surface area contributed by atoms with Crippen LogP contribution in [0.2, 0.25) is 0 Å². The Balaban J connectivity index is 1.80. The van der Waals surface area contributed by atoms with Gasteiger partial charge in [0.1, 0.15) is 5.65 Å². The minimum atomic E-state index is -0.253. The molecule has 0 aliphatic carbocycles. The van der Waals surface area contributed by atoms with E-state index in [1.54, 1.807) is 47.5 Å². The number of carbonyl (C=O) groups is 1. The Morgan fingerprint density at radius 1 is 1.48 bits per heavy atom. The molecule has 1 amide bonds. The van der Waals surface area contributed by atoms with Gasteiger partial charge in [-0.15, -0.1) is 0 Å². The van der Waals surface area contributed by atoms with Crippen LogP contribution in [-0.4, -0.2) is 32.6 Å². The highest BCUT2D eigenvalue weighted by molar-refractivity contribution is 5.92. The lowest BCUT2D eigenvalue weighted by Crippen LogP contribution is -2.24. The first-order valence-electron chi connectivity index (χ1n) is 8.00. The van der Waals surface area contributed by atoms with Crippen molar-refractivity contribution < 1.29 is 9.21 Å². The second-order valence-corrected chi connectivity index (χ2v) is 6.20. The van der Waals surface area contributed by atoms with Gasteiger partial charge in [0.25, 0.3) is 5.56 Å².